The second-order valence-corrected chi connectivity index (χ2v) is 26.7. The maximum atomic E-state index is 12.9. The summed E-state index contributed by atoms with van der Waals surface area (Å²) in [5, 5.41) is 0. The van der Waals surface area contributed by atoms with Gasteiger partial charge < -0.3 is 27.9 Å². The van der Waals surface area contributed by atoms with Crippen molar-refractivity contribution in [3.05, 3.63) is 36.5 Å². The Morgan fingerprint density at radius 3 is 0.988 bits per heavy atom. The first-order chi connectivity index (χ1) is 39.5. The predicted molar refractivity (Wildman–Crippen MR) is 347 cm³/mol. The van der Waals surface area contributed by atoms with Gasteiger partial charge in [-0.2, -0.15) is 0 Å². The summed E-state index contributed by atoms with van der Waals surface area (Å²) in [4.78, 5) is 38.1. The molecule has 9 nitrogen and oxygen atoms in total. The molecule has 2 atom stereocenters. The minimum atomic E-state index is -4.64. The van der Waals surface area contributed by atoms with Crippen molar-refractivity contribution in [2.24, 2.45) is 0 Å². The summed E-state index contributed by atoms with van der Waals surface area (Å²) in [7, 11) is 1.18. The summed E-state index contributed by atoms with van der Waals surface area (Å²) < 4.78 is 34.3. The number of likely N-dealkylation sites (N-methyl/N-ethyl adjacent to an activating group) is 1. The Hall–Kier alpha value is -1.77. The minimum Gasteiger partial charge on any atom is -0.756 e. The number of allylic oxidation sites excluding steroid dienone is 6. The van der Waals surface area contributed by atoms with Crippen molar-refractivity contribution in [3.8, 4) is 0 Å². The van der Waals surface area contributed by atoms with Gasteiger partial charge in [-0.15, -0.1) is 0 Å². The molecule has 0 aromatic rings. The number of nitrogens with zero attached hydrogens (tertiary/aromatic N) is 1. The molecule has 0 fully saturated rings. The van der Waals surface area contributed by atoms with Gasteiger partial charge in [0.05, 0.1) is 27.7 Å². The molecule has 0 saturated heterocycles. The van der Waals surface area contributed by atoms with Crippen LogP contribution in [-0.2, 0) is 32.7 Å². The number of hydrogen-bond donors (Lipinski definition) is 0. The van der Waals surface area contributed by atoms with Crippen LogP contribution in [-0.4, -0.2) is 70.0 Å². The van der Waals surface area contributed by atoms with Gasteiger partial charge in [0.25, 0.3) is 7.82 Å². The van der Waals surface area contributed by atoms with Crippen molar-refractivity contribution in [2.75, 3.05) is 47.5 Å². The smallest absolute Gasteiger partial charge is 0.306 e. The Balaban J connectivity index is 4.01. The van der Waals surface area contributed by atoms with E-state index in [1.165, 1.54) is 270 Å². The van der Waals surface area contributed by atoms with Crippen LogP contribution in [0, 0.1) is 0 Å². The fourth-order valence-electron chi connectivity index (χ4n) is 10.5. The monoisotopic (exact) mass is 1160 g/mol. The van der Waals surface area contributed by atoms with E-state index in [9.17, 15) is 19.0 Å². The van der Waals surface area contributed by atoms with E-state index in [2.05, 4.69) is 50.3 Å². The number of ether oxygens (including phenoxy) is 2. The molecule has 81 heavy (non-hydrogen) atoms. The highest BCUT2D eigenvalue weighted by Gasteiger charge is 2.22. The average Bonchev–Trinajstić information content (AvgIpc) is 3.43. The SMILES string of the molecule is CCCCCCC/C=C\C/C=C\C/C=C\CCCCCCCCCCCCCCCCC(=O)OC(COC(=O)CCCCCCCCCCCCCCCCCCCCCCCCCCCCCC)COP(=O)([O-])OCC[N+](C)(C)C. The van der Waals surface area contributed by atoms with Gasteiger partial charge in [-0.1, -0.05) is 326 Å². The quantitative estimate of drug-likeness (QED) is 0.0195. The first-order valence-corrected chi connectivity index (χ1v) is 36.7. The second-order valence-electron chi connectivity index (χ2n) is 25.3. The summed E-state index contributed by atoms with van der Waals surface area (Å²) in [6, 6.07) is 0. The number of esters is 2. The Kier molecular flexibility index (Phi) is 61.4. The molecule has 0 spiro atoms. The van der Waals surface area contributed by atoms with Crippen LogP contribution in [0.5, 0.6) is 0 Å². The Bertz CT molecular complexity index is 1460. The normalized spacial score (nSPS) is 13.3. The molecule has 0 radical (unpaired) electrons. The third-order valence-corrected chi connectivity index (χ3v) is 16.9. The third-order valence-electron chi connectivity index (χ3n) is 15.9. The van der Waals surface area contributed by atoms with Crippen LogP contribution in [0.4, 0.5) is 0 Å². The lowest BCUT2D eigenvalue weighted by Gasteiger charge is -2.28. The zero-order valence-corrected chi connectivity index (χ0v) is 55.4. The lowest BCUT2D eigenvalue weighted by molar-refractivity contribution is -0.870. The zero-order valence-electron chi connectivity index (χ0n) is 54.5. The summed E-state index contributed by atoms with van der Waals surface area (Å²) in [5.74, 6) is -0.814. The molecule has 0 aliphatic heterocycles. The summed E-state index contributed by atoms with van der Waals surface area (Å²) >= 11 is 0. The maximum Gasteiger partial charge on any atom is 0.306 e. The molecule has 0 aliphatic rings. The molecule has 0 aliphatic carbocycles. The molecule has 0 aromatic heterocycles. The zero-order chi connectivity index (χ0) is 59.1. The lowest BCUT2D eigenvalue weighted by Crippen LogP contribution is -2.37. The molecule has 0 heterocycles. The van der Waals surface area contributed by atoms with E-state index >= 15 is 0 Å². The topological polar surface area (TPSA) is 111 Å². The van der Waals surface area contributed by atoms with Gasteiger partial charge in [-0.05, 0) is 51.4 Å². The standard InChI is InChI=1S/C71H136NO8P/c1-6-8-10-12-14-16-18-20-22-24-26-28-30-32-34-36-38-40-42-44-46-48-50-52-54-56-58-60-62-64-71(74)80-69(68-79-81(75,76)78-66-65-72(3,4)5)67-77-70(73)63-61-59-57-55-53-51-49-47-45-43-41-39-37-35-33-31-29-27-25-23-21-19-17-15-13-11-9-7-2/h18,20,24,26,30,32,69H,6-17,19,21-23,25,27-29,31,33-68H2,1-5H3/b20-18-,26-24-,32-30-. The van der Waals surface area contributed by atoms with Crippen molar-refractivity contribution in [3.63, 3.8) is 0 Å². The van der Waals surface area contributed by atoms with Crippen LogP contribution >= 0.6 is 7.82 Å². The van der Waals surface area contributed by atoms with Crippen LogP contribution in [0.1, 0.15) is 354 Å². The highest BCUT2D eigenvalue weighted by atomic mass is 31.2. The highest BCUT2D eigenvalue weighted by Crippen LogP contribution is 2.38. The van der Waals surface area contributed by atoms with Gasteiger partial charge in [0.15, 0.2) is 6.10 Å². The van der Waals surface area contributed by atoms with E-state index in [0.717, 1.165) is 51.4 Å². The van der Waals surface area contributed by atoms with E-state index in [1.54, 1.807) is 0 Å². The number of phosphoric acid groups is 1. The van der Waals surface area contributed by atoms with Crippen molar-refractivity contribution in [2.45, 2.75) is 360 Å². The molecule has 0 bridgehead atoms. The molecule has 10 heteroatoms. The molecule has 2 unspecified atom stereocenters. The van der Waals surface area contributed by atoms with Crippen molar-refractivity contribution in [1.29, 1.82) is 0 Å². The Morgan fingerprint density at radius 1 is 0.383 bits per heavy atom. The van der Waals surface area contributed by atoms with Crippen molar-refractivity contribution >= 4 is 19.8 Å². The maximum absolute atomic E-state index is 12.9. The third kappa shape index (κ3) is 67.2. The summed E-state index contributed by atoms with van der Waals surface area (Å²) in [6.45, 7) is 4.30. The molecule has 0 amide bonds. The lowest BCUT2D eigenvalue weighted by atomic mass is 10.0. The van der Waals surface area contributed by atoms with Crippen LogP contribution in [0.3, 0.4) is 0 Å². The number of quaternary nitrogens is 1. The fourth-order valence-corrected chi connectivity index (χ4v) is 11.2. The molecule has 0 N–H and O–H groups in total. The van der Waals surface area contributed by atoms with Gasteiger partial charge in [0.1, 0.15) is 19.8 Å². The Labute approximate surface area is 503 Å². The van der Waals surface area contributed by atoms with Crippen molar-refractivity contribution in [1.82, 2.24) is 0 Å². The largest absolute Gasteiger partial charge is 0.756 e. The number of rotatable bonds is 66. The molecule has 478 valence electrons. The molecular weight excluding hydrogens is 1030 g/mol. The number of phosphoric ester groups is 1. The van der Waals surface area contributed by atoms with Gasteiger partial charge in [0, 0.05) is 12.8 Å². The van der Waals surface area contributed by atoms with Gasteiger partial charge in [-0.25, -0.2) is 0 Å². The summed E-state index contributed by atoms with van der Waals surface area (Å²) in [6.07, 6.45) is 79.4. The average molecular weight is 1160 g/mol. The van der Waals surface area contributed by atoms with Gasteiger partial charge in [0.2, 0.25) is 0 Å². The van der Waals surface area contributed by atoms with E-state index in [4.69, 9.17) is 18.5 Å². The van der Waals surface area contributed by atoms with Crippen LogP contribution in [0.25, 0.3) is 0 Å². The predicted octanol–water partition coefficient (Wildman–Crippen LogP) is 22.0. The van der Waals surface area contributed by atoms with E-state index in [0.29, 0.717) is 17.4 Å². The molecular formula is C71H136NO8P. The van der Waals surface area contributed by atoms with Crippen LogP contribution < -0.4 is 4.89 Å². The first kappa shape index (κ1) is 79.2. The van der Waals surface area contributed by atoms with Crippen LogP contribution in [0.2, 0.25) is 0 Å². The van der Waals surface area contributed by atoms with Crippen molar-refractivity contribution < 1.29 is 42.1 Å². The molecule has 0 aromatic carbocycles. The molecule has 0 saturated carbocycles. The molecule has 0 rings (SSSR count). The van der Waals surface area contributed by atoms with E-state index < -0.39 is 26.5 Å². The van der Waals surface area contributed by atoms with E-state index in [1.807, 2.05) is 21.1 Å². The number of carbonyl (C=O) groups excluding carboxylic acids is 2. The fraction of sp³-hybridized carbons (Fsp3) is 0.887. The highest BCUT2D eigenvalue weighted by molar-refractivity contribution is 7.45. The van der Waals surface area contributed by atoms with Crippen LogP contribution in [0.15, 0.2) is 36.5 Å². The van der Waals surface area contributed by atoms with Gasteiger partial charge in [-0.3, -0.25) is 14.2 Å². The van der Waals surface area contributed by atoms with E-state index in [-0.39, 0.29) is 32.0 Å². The Morgan fingerprint density at radius 2 is 0.667 bits per heavy atom. The first-order valence-electron chi connectivity index (χ1n) is 35.2. The number of hydrogen-bond acceptors (Lipinski definition) is 8. The second kappa shape index (κ2) is 62.8. The number of unbranched alkanes of at least 4 members (excludes halogenated alkanes) is 46. The van der Waals surface area contributed by atoms with Gasteiger partial charge >= 0.3 is 11.9 Å². The summed E-state index contributed by atoms with van der Waals surface area (Å²) in [5.41, 5.74) is 0. The minimum absolute atomic E-state index is 0.0285. The number of carbonyl (C=O) groups is 2.